The third kappa shape index (κ3) is 2.91. The number of carbonyl (C=O) groups excluding carboxylic acids is 2. The number of carbonyl (C=O) groups is 2. The van der Waals surface area contributed by atoms with Crippen LogP contribution in [0.5, 0.6) is 0 Å². The fourth-order valence-corrected chi connectivity index (χ4v) is 5.62. The van der Waals surface area contributed by atoms with Crippen LogP contribution in [0.3, 0.4) is 0 Å². The summed E-state index contributed by atoms with van der Waals surface area (Å²) in [5.74, 6) is -0.289. The zero-order valence-electron chi connectivity index (χ0n) is 19.4. The Morgan fingerprint density at radius 3 is 1.58 bits per heavy atom. The van der Waals surface area contributed by atoms with Crippen molar-refractivity contribution >= 4 is 54.7 Å². The fraction of sp³-hybridized carbons (Fsp3) is 0. The molecule has 0 aliphatic rings. The molecule has 0 bridgehead atoms. The summed E-state index contributed by atoms with van der Waals surface area (Å²) in [5.41, 5.74) is 2.04. The summed E-state index contributed by atoms with van der Waals surface area (Å²) >= 11 is 0. The molecule has 0 radical (unpaired) electrons. The molecule has 7 aromatic carbocycles. The quantitative estimate of drug-likeness (QED) is 0.151. The van der Waals surface area contributed by atoms with E-state index < -0.39 is 0 Å². The number of benzene rings is 7. The van der Waals surface area contributed by atoms with Gasteiger partial charge in [-0.1, -0.05) is 115 Å². The molecule has 0 aliphatic carbocycles. The summed E-state index contributed by atoms with van der Waals surface area (Å²) in [5, 5.41) is 8.30. The highest BCUT2D eigenvalue weighted by Crippen LogP contribution is 2.43. The van der Waals surface area contributed by atoms with Gasteiger partial charge in [0.2, 0.25) is 0 Å². The van der Waals surface area contributed by atoms with E-state index >= 15 is 0 Å². The summed E-state index contributed by atoms with van der Waals surface area (Å²) in [6.45, 7) is 0. The second-order valence-electron chi connectivity index (χ2n) is 9.18. The highest BCUT2D eigenvalue weighted by atomic mass is 16.1. The molecule has 0 saturated carbocycles. The van der Waals surface area contributed by atoms with Crippen molar-refractivity contribution in [2.24, 2.45) is 0 Å². The predicted octanol–water partition coefficient (Wildman–Crippen LogP) is 8.20. The zero-order valence-corrected chi connectivity index (χ0v) is 19.4. The van der Waals surface area contributed by atoms with Gasteiger partial charge >= 0.3 is 0 Å². The van der Waals surface area contributed by atoms with Crippen molar-refractivity contribution in [3.8, 4) is 0 Å². The Bertz CT molecular complexity index is 1950. The third-order valence-electron chi connectivity index (χ3n) is 7.17. The van der Waals surface area contributed by atoms with E-state index in [4.69, 9.17) is 0 Å². The van der Waals surface area contributed by atoms with Crippen molar-refractivity contribution in [1.82, 2.24) is 0 Å². The van der Waals surface area contributed by atoms with E-state index in [0.29, 0.717) is 22.3 Å². The van der Waals surface area contributed by atoms with E-state index in [9.17, 15) is 9.59 Å². The van der Waals surface area contributed by atoms with Crippen LogP contribution in [-0.4, -0.2) is 11.6 Å². The minimum absolute atomic E-state index is 0.141. The van der Waals surface area contributed by atoms with Crippen molar-refractivity contribution in [1.29, 1.82) is 0 Å². The monoisotopic (exact) mass is 460 g/mol. The lowest BCUT2D eigenvalue weighted by atomic mass is 9.82. The van der Waals surface area contributed by atoms with Crippen molar-refractivity contribution in [2.75, 3.05) is 0 Å². The van der Waals surface area contributed by atoms with Gasteiger partial charge in [-0.25, -0.2) is 0 Å². The van der Waals surface area contributed by atoms with E-state index in [-0.39, 0.29) is 11.6 Å². The van der Waals surface area contributed by atoms with Gasteiger partial charge in [0, 0.05) is 27.6 Å². The van der Waals surface area contributed by atoms with E-state index in [1.165, 1.54) is 0 Å². The summed E-state index contributed by atoms with van der Waals surface area (Å²) in [6.07, 6.45) is 0. The molecule has 0 atom stereocenters. The highest BCUT2D eigenvalue weighted by Gasteiger charge is 2.26. The van der Waals surface area contributed by atoms with Crippen LogP contribution < -0.4 is 0 Å². The van der Waals surface area contributed by atoms with Gasteiger partial charge in [0.25, 0.3) is 0 Å². The van der Waals surface area contributed by atoms with Crippen molar-refractivity contribution in [3.63, 3.8) is 0 Å². The average molecular weight is 461 g/mol. The maximum atomic E-state index is 14.2. The lowest BCUT2D eigenvalue weighted by molar-refractivity contribution is 0.100. The van der Waals surface area contributed by atoms with Gasteiger partial charge < -0.3 is 0 Å². The van der Waals surface area contributed by atoms with Gasteiger partial charge in [-0.05, 0) is 43.8 Å². The first-order valence-electron chi connectivity index (χ1n) is 12.0. The van der Waals surface area contributed by atoms with Crippen LogP contribution in [-0.2, 0) is 0 Å². The maximum absolute atomic E-state index is 14.2. The van der Waals surface area contributed by atoms with E-state index in [1.54, 1.807) is 12.1 Å². The Balaban J connectivity index is 1.72. The second kappa shape index (κ2) is 7.86. The molecule has 0 N–H and O–H groups in total. The first kappa shape index (κ1) is 20.5. The Morgan fingerprint density at radius 1 is 0.417 bits per heavy atom. The molecule has 36 heavy (non-hydrogen) atoms. The molecule has 7 rings (SSSR count). The lowest BCUT2D eigenvalue weighted by Gasteiger charge is -2.19. The minimum Gasteiger partial charge on any atom is -0.289 e. The largest absolute Gasteiger partial charge is 0.289 e. The van der Waals surface area contributed by atoms with Crippen LogP contribution in [0.15, 0.2) is 121 Å². The number of hydrogen-bond acceptors (Lipinski definition) is 2. The Morgan fingerprint density at radius 2 is 0.944 bits per heavy atom. The van der Waals surface area contributed by atoms with Gasteiger partial charge in [0.05, 0.1) is 0 Å². The molecule has 0 heterocycles. The summed E-state index contributed by atoms with van der Waals surface area (Å²) < 4.78 is 0. The van der Waals surface area contributed by atoms with Crippen LogP contribution in [0.2, 0.25) is 0 Å². The summed E-state index contributed by atoms with van der Waals surface area (Å²) in [7, 11) is 0. The van der Waals surface area contributed by atoms with Crippen molar-refractivity contribution in [3.05, 3.63) is 144 Å². The SMILES string of the molecule is O=C(c1ccccc1)c1cc2cccc3c4cccc5cccc(c(c1C(=O)c1ccccc1)c23)c54. The summed E-state index contributed by atoms with van der Waals surface area (Å²) in [6, 6.07) is 39.1. The Labute approximate surface area is 207 Å². The van der Waals surface area contributed by atoms with E-state index in [1.807, 2.05) is 72.8 Å². The van der Waals surface area contributed by atoms with E-state index in [2.05, 4.69) is 36.4 Å². The van der Waals surface area contributed by atoms with Crippen LogP contribution >= 0.6 is 0 Å². The van der Waals surface area contributed by atoms with Crippen LogP contribution in [0, 0.1) is 0 Å². The topological polar surface area (TPSA) is 34.1 Å². The molecule has 168 valence electrons. The van der Waals surface area contributed by atoms with Gasteiger partial charge in [0.15, 0.2) is 11.6 Å². The molecule has 0 unspecified atom stereocenters. The molecule has 0 spiro atoms. The first-order chi connectivity index (χ1) is 17.7. The molecular weight excluding hydrogens is 440 g/mol. The smallest absolute Gasteiger partial charge is 0.194 e. The van der Waals surface area contributed by atoms with Gasteiger partial charge in [-0.15, -0.1) is 0 Å². The maximum Gasteiger partial charge on any atom is 0.194 e. The highest BCUT2D eigenvalue weighted by molar-refractivity contribution is 6.39. The number of fused-ring (bicyclic) bond motifs is 2. The molecule has 2 nitrogen and oxygen atoms in total. The third-order valence-corrected chi connectivity index (χ3v) is 7.17. The Hall–Kier alpha value is -4.82. The Kier molecular flexibility index (Phi) is 4.49. The molecule has 0 fully saturated rings. The molecule has 2 heteroatoms. The number of rotatable bonds is 4. The van der Waals surface area contributed by atoms with Crippen molar-refractivity contribution < 1.29 is 9.59 Å². The molecule has 7 aromatic rings. The minimum atomic E-state index is -0.149. The fourth-order valence-electron chi connectivity index (χ4n) is 5.62. The number of hydrogen-bond donors (Lipinski definition) is 0. The normalized spacial score (nSPS) is 11.6. The van der Waals surface area contributed by atoms with Crippen LogP contribution in [0.1, 0.15) is 31.8 Å². The van der Waals surface area contributed by atoms with Gasteiger partial charge in [0.1, 0.15) is 0 Å². The molecule has 0 amide bonds. The first-order valence-corrected chi connectivity index (χ1v) is 12.0. The van der Waals surface area contributed by atoms with Gasteiger partial charge in [-0.2, -0.15) is 0 Å². The summed E-state index contributed by atoms with van der Waals surface area (Å²) in [4.78, 5) is 28.2. The molecule has 0 aliphatic heterocycles. The predicted molar refractivity (Wildman–Crippen MR) is 147 cm³/mol. The van der Waals surface area contributed by atoms with Crippen LogP contribution in [0.25, 0.3) is 43.1 Å². The van der Waals surface area contributed by atoms with Crippen molar-refractivity contribution in [2.45, 2.75) is 0 Å². The molecule has 0 saturated heterocycles. The van der Waals surface area contributed by atoms with Gasteiger partial charge in [-0.3, -0.25) is 9.59 Å². The van der Waals surface area contributed by atoms with Crippen LogP contribution in [0.4, 0.5) is 0 Å². The molecule has 0 aromatic heterocycles. The average Bonchev–Trinajstić information content (AvgIpc) is 2.95. The zero-order chi connectivity index (χ0) is 24.2. The standard InChI is InChI=1S/C34H20O2/c35-33(22-10-3-1-4-11-22)28-20-24-16-9-18-26-25-17-7-14-21-15-8-19-27(29(21)25)31(30(24)26)32(28)34(36)23-12-5-2-6-13-23/h1-20H. The molecular formula is C34H20O2. The lowest BCUT2D eigenvalue weighted by Crippen LogP contribution is -2.12. The number of ketones is 2. The van der Waals surface area contributed by atoms with E-state index in [0.717, 1.165) is 43.1 Å². The second-order valence-corrected chi connectivity index (χ2v) is 9.18.